The van der Waals surface area contributed by atoms with Crippen LogP contribution in [-0.2, 0) is 20.9 Å². The minimum Gasteiger partial charge on any atom is -0.381 e. The van der Waals surface area contributed by atoms with E-state index < -0.39 is 11.4 Å². The second-order valence-corrected chi connectivity index (χ2v) is 5.82. The quantitative estimate of drug-likeness (QED) is 0.677. The number of aliphatic hydroxyl groups is 1. The second-order valence-electron chi connectivity index (χ2n) is 5.82. The molecule has 0 saturated carbocycles. The number of hydrogen-bond donors (Lipinski definition) is 1. The molecule has 1 aromatic carbocycles. The minimum absolute atomic E-state index is 0.379. The fraction of sp³-hybridized carbons (Fsp3) is 0.529. The van der Waals surface area contributed by atoms with Gasteiger partial charge in [-0.05, 0) is 37.8 Å². The van der Waals surface area contributed by atoms with Crippen LogP contribution < -0.4 is 0 Å². The van der Waals surface area contributed by atoms with Crippen LogP contribution in [0.4, 0.5) is 0 Å². The van der Waals surface area contributed by atoms with Crippen molar-refractivity contribution >= 4 is 0 Å². The highest BCUT2D eigenvalue weighted by molar-refractivity contribution is 5.41. The van der Waals surface area contributed by atoms with Crippen molar-refractivity contribution in [2.24, 2.45) is 5.92 Å². The Labute approximate surface area is 121 Å². The third kappa shape index (κ3) is 2.41. The monoisotopic (exact) mass is 276 g/mol. The molecule has 1 aliphatic rings. The summed E-state index contributed by atoms with van der Waals surface area (Å²) in [4.78, 5) is 0. The highest BCUT2D eigenvalue weighted by Crippen LogP contribution is 2.44. The number of ether oxygens (including phenoxy) is 2. The molecule has 3 heteroatoms. The molecule has 3 nitrogen and oxygen atoms in total. The van der Waals surface area contributed by atoms with E-state index in [0.717, 1.165) is 11.1 Å². The molecule has 2 unspecified atom stereocenters. The van der Waals surface area contributed by atoms with Crippen LogP contribution in [0.1, 0.15) is 38.3 Å². The van der Waals surface area contributed by atoms with Crippen LogP contribution in [0.5, 0.6) is 0 Å². The predicted molar refractivity (Wildman–Crippen MR) is 79.2 cm³/mol. The van der Waals surface area contributed by atoms with Crippen molar-refractivity contribution in [2.45, 2.75) is 38.6 Å². The SMILES string of the molecule is COC(C)(OC)c1ccccc1C1(O)C=C(C)C(C)C1. The van der Waals surface area contributed by atoms with Gasteiger partial charge in [-0.1, -0.05) is 36.8 Å². The molecule has 2 rings (SSSR count). The fourth-order valence-electron chi connectivity index (χ4n) is 2.95. The van der Waals surface area contributed by atoms with Crippen LogP contribution in [0.15, 0.2) is 35.9 Å². The molecule has 0 amide bonds. The molecule has 0 fully saturated rings. The predicted octanol–water partition coefficient (Wildman–Crippen LogP) is 3.33. The van der Waals surface area contributed by atoms with Gasteiger partial charge in [0.1, 0.15) is 5.60 Å². The molecule has 0 bridgehead atoms. The van der Waals surface area contributed by atoms with Crippen LogP contribution >= 0.6 is 0 Å². The summed E-state index contributed by atoms with van der Waals surface area (Å²) in [6, 6.07) is 7.78. The first-order chi connectivity index (χ1) is 9.36. The lowest BCUT2D eigenvalue weighted by Crippen LogP contribution is -2.32. The summed E-state index contributed by atoms with van der Waals surface area (Å²) in [7, 11) is 3.23. The van der Waals surface area contributed by atoms with Crippen molar-refractivity contribution in [1.82, 2.24) is 0 Å². The number of rotatable bonds is 4. The third-order valence-corrected chi connectivity index (χ3v) is 4.52. The molecule has 2 atom stereocenters. The summed E-state index contributed by atoms with van der Waals surface area (Å²) in [5.74, 6) is -0.482. The number of methoxy groups -OCH3 is 2. The number of benzene rings is 1. The van der Waals surface area contributed by atoms with Crippen molar-refractivity contribution in [2.75, 3.05) is 14.2 Å². The van der Waals surface area contributed by atoms with Crippen molar-refractivity contribution in [3.8, 4) is 0 Å². The summed E-state index contributed by atoms with van der Waals surface area (Å²) in [6.45, 7) is 6.07. The van der Waals surface area contributed by atoms with E-state index in [-0.39, 0.29) is 0 Å². The lowest BCUT2D eigenvalue weighted by atomic mass is 9.85. The molecule has 1 aromatic rings. The van der Waals surface area contributed by atoms with Crippen LogP contribution in [-0.4, -0.2) is 19.3 Å². The van der Waals surface area contributed by atoms with Gasteiger partial charge >= 0.3 is 0 Å². The van der Waals surface area contributed by atoms with Crippen molar-refractivity contribution in [3.05, 3.63) is 47.0 Å². The summed E-state index contributed by atoms with van der Waals surface area (Å²) in [5.41, 5.74) is 2.00. The Hall–Kier alpha value is -1.16. The van der Waals surface area contributed by atoms with Gasteiger partial charge in [-0.15, -0.1) is 0 Å². The smallest absolute Gasteiger partial charge is 0.191 e. The highest BCUT2D eigenvalue weighted by atomic mass is 16.7. The van der Waals surface area contributed by atoms with Crippen LogP contribution in [0.25, 0.3) is 0 Å². The molecule has 0 heterocycles. The Kier molecular flexibility index (Phi) is 4.05. The third-order valence-electron chi connectivity index (χ3n) is 4.52. The molecule has 0 spiro atoms. The van der Waals surface area contributed by atoms with E-state index >= 15 is 0 Å². The van der Waals surface area contributed by atoms with Gasteiger partial charge in [-0.2, -0.15) is 0 Å². The van der Waals surface area contributed by atoms with E-state index in [2.05, 4.69) is 13.8 Å². The zero-order valence-electron chi connectivity index (χ0n) is 12.9. The first-order valence-corrected chi connectivity index (χ1v) is 6.98. The zero-order chi connectivity index (χ0) is 15.0. The lowest BCUT2D eigenvalue weighted by Gasteiger charge is -2.33. The molecule has 0 aromatic heterocycles. The van der Waals surface area contributed by atoms with E-state index in [1.165, 1.54) is 5.57 Å². The van der Waals surface area contributed by atoms with E-state index in [1.54, 1.807) is 14.2 Å². The second kappa shape index (κ2) is 5.32. The maximum absolute atomic E-state index is 11.1. The van der Waals surface area contributed by atoms with E-state index in [9.17, 15) is 5.11 Å². The van der Waals surface area contributed by atoms with Crippen LogP contribution in [0.3, 0.4) is 0 Å². The molecule has 1 N–H and O–H groups in total. The lowest BCUT2D eigenvalue weighted by molar-refractivity contribution is -0.203. The van der Waals surface area contributed by atoms with Crippen molar-refractivity contribution in [1.29, 1.82) is 0 Å². The Bertz CT molecular complexity index is 517. The molecule has 110 valence electrons. The molecule has 0 saturated heterocycles. The van der Waals surface area contributed by atoms with Crippen LogP contribution in [0.2, 0.25) is 0 Å². The zero-order valence-corrected chi connectivity index (χ0v) is 12.9. The molecule has 0 radical (unpaired) electrons. The molecule has 1 aliphatic carbocycles. The standard InChI is InChI=1S/C17H24O3/c1-12-10-17(18,11-13(12)2)15-9-7-6-8-14(15)16(3,19-4)20-5/h6-10,13,18H,11H2,1-5H3. The Morgan fingerprint density at radius 1 is 1.25 bits per heavy atom. The average Bonchev–Trinajstić information content (AvgIpc) is 2.72. The largest absolute Gasteiger partial charge is 0.381 e. The Morgan fingerprint density at radius 2 is 1.85 bits per heavy atom. The van der Waals surface area contributed by atoms with Gasteiger partial charge in [-0.25, -0.2) is 0 Å². The van der Waals surface area contributed by atoms with Gasteiger partial charge < -0.3 is 14.6 Å². The van der Waals surface area contributed by atoms with Crippen molar-refractivity contribution < 1.29 is 14.6 Å². The Balaban J connectivity index is 2.55. The summed E-state index contributed by atoms with van der Waals surface area (Å²) in [6.07, 6.45) is 2.65. The first-order valence-electron chi connectivity index (χ1n) is 6.98. The minimum atomic E-state index is -0.946. The normalized spacial score (nSPS) is 26.7. The van der Waals surface area contributed by atoms with Gasteiger partial charge in [0.05, 0.1) is 0 Å². The maximum Gasteiger partial charge on any atom is 0.191 e. The summed E-state index contributed by atoms with van der Waals surface area (Å²) in [5, 5.41) is 11.1. The van der Waals surface area contributed by atoms with Gasteiger partial charge in [0.2, 0.25) is 0 Å². The average molecular weight is 276 g/mol. The van der Waals surface area contributed by atoms with Gasteiger partial charge in [-0.3, -0.25) is 0 Å². The van der Waals surface area contributed by atoms with E-state index in [4.69, 9.17) is 9.47 Å². The van der Waals surface area contributed by atoms with E-state index in [0.29, 0.717) is 12.3 Å². The molecular formula is C17H24O3. The number of allylic oxidation sites excluding steroid dienone is 1. The van der Waals surface area contributed by atoms with Crippen molar-refractivity contribution in [3.63, 3.8) is 0 Å². The summed E-state index contributed by atoms with van der Waals surface area (Å²) < 4.78 is 11.0. The Morgan fingerprint density at radius 3 is 2.35 bits per heavy atom. The molecule has 20 heavy (non-hydrogen) atoms. The van der Waals surface area contributed by atoms with Gasteiger partial charge in [0.15, 0.2) is 5.79 Å². The fourth-order valence-corrected chi connectivity index (χ4v) is 2.95. The molecule has 0 aliphatic heterocycles. The molecular weight excluding hydrogens is 252 g/mol. The first kappa shape index (κ1) is 15.2. The van der Waals surface area contributed by atoms with Crippen LogP contribution in [0, 0.1) is 5.92 Å². The van der Waals surface area contributed by atoms with Gasteiger partial charge in [0, 0.05) is 19.8 Å². The number of hydrogen-bond acceptors (Lipinski definition) is 3. The van der Waals surface area contributed by atoms with Gasteiger partial charge in [0.25, 0.3) is 0 Å². The summed E-state index contributed by atoms with van der Waals surface area (Å²) >= 11 is 0. The van der Waals surface area contributed by atoms with E-state index in [1.807, 2.05) is 37.3 Å². The highest BCUT2D eigenvalue weighted by Gasteiger charge is 2.40. The maximum atomic E-state index is 11.1. The topological polar surface area (TPSA) is 38.7 Å².